The molecule has 7 nitrogen and oxygen atoms in total. The molecule has 7 heteroatoms. The van der Waals surface area contributed by atoms with Gasteiger partial charge in [-0.1, -0.05) is 0 Å². The molecule has 0 aliphatic heterocycles. The monoisotopic (exact) mass is 234 g/mol. The van der Waals surface area contributed by atoms with E-state index in [2.05, 4.69) is 5.32 Å². The zero-order valence-corrected chi connectivity index (χ0v) is 9.89. The third-order valence-corrected chi connectivity index (χ3v) is 2.04. The molecule has 0 radical (unpaired) electrons. The zero-order chi connectivity index (χ0) is 12.7. The summed E-state index contributed by atoms with van der Waals surface area (Å²) in [5.41, 5.74) is 0. The fourth-order valence-electron chi connectivity index (χ4n) is 1.14. The quantitative estimate of drug-likeness (QED) is 0.617. The van der Waals surface area contributed by atoms with Crippen molar-refractivity contribution in [3.05, 3.63) is 0 Å². The van der Waals surface area contributed by atoms with Gasteiger partial charge in [-0.2, -0.15) is 0 Å². The summed E-state index contributed by atoms with van der Waals surface area (Å²) < 4.78 is 9.86. The average Bonchev–Trinajstić information content (AvgIpc) is 2.23. The second kappa shape index (κ2) is 7.02. The summed E-state index contributed by atoms with van der Waals surface area (Å²) in [6.45, 7) is 1.71. The van der Waals surface area contributed by atoms with E-state index in [-0.39, 0.29) is 12.5 Å². The van der Waals surface area contributed by atoms with Crippen LogP contribution < -0.4 is 5.32 Å². The molecule has 0 aliphatic rings. The van der Waals surface area contributed by atoms with Gasteiger partial charge in [0.1, 0.15) is 6.04 Å². The van der Waals surface area contributed by atoms with E-state index in [1.165, 1.54) is 26.0 Å². The summed E-state index contributed by atoms with van der Waals surface area (Å²) in [7, 11) is 4.48. The second-order valence-corrected chi connectivity index (χ2v) is 3.29. The molecular formula is C9H18N2O5. The highest BCUT2D eigenvalue weighted by Crippen LogP contribution is 1.98. The summed E-state index contributed by atoms with van der Waals surface area (Å²) in [6.07, 6.45) is -1.75. The molecule has 0 spiro atoms. The van der Waals surface area contributed by atoms with Crippen molar-refractivity contribution in [1.82, 2.24) is 10.2 Å². The molecule has 1 atom stereocenters. The van der Waals surface area contributed by atoms with Crippen molar-refractivity contribution >= 4 is 12.0 Å². The first kappa shape index (κ1) is 14.7. The van der Waals surface area contributed by atoms with Crippen LogP contribution in [0.2, 0.25) is 0 Å². The zero-order valence-electron chi connectivity index (χ0n) is 9.89. The van der Waals surface area contributed by atoms with Gasteiger partial charge in [0.15, 0.2) is 6.29 Å². The van der Waals surface area contributed by atoms with E-state index < -0.39 is 18.4 Å². The second-order valence-electron chi connectivity index (χ2n) is 3.29. The predicted molar refractivity (Wildman–Crippen MR) is 56.1 cm³/mol. The molecule has 0 aliphatic carbocycles. The molecule has 1 unspecified atom stereocenters. The van der Waals surface area contributed by atoms with Gasteiger partial charge in [0.2, 0.25) is 5.91 Å². The SMILES string of the molecule is COC(CN(C)C(=O)C(C)NC(=O)O)OC. The largest absolute Gasteiger partial charge is 0.465 e. The molecule has 2 N–H and O–H groups in total. The highest BCUT2D eigenvalue weighted by Gasteiger charge is 2.21. The number of nitrogens with zero attached hydrogens (tertiary/aromatic N) is 1. The van der Waals surface area contributed by atoms with Gasteiger partial charge in [-0.3, -0.25) is 4.79 Å². The first-order chi connectivity index (χ1) is 7.42. The Balaban J connectivity index is 4.21. The van der Waals surface area contributed by atoms with Crippen molar-refractivity contribution in [2.24, 2.45) is 0 Å². The number of amides is 2. The number of carbonyl (C=O) groups is 2. The fourth-order valence-corrected chi connectivity index (χ4v) is 1.14. The lowest BCUT2D eigenvalue weighted by atomic mass is 10.3. The van der Waals surface area contributed by atoms with Crippen LogP contribution in [0.1, 0.15) is 6.92 Å². The highest BCUT2D eigenvalue weighted by atomic mass is 16.7. The first-order valence-corrected chi connectivity index (χ1v) is 4.72. The maximum atomic E-state index is 11.6. The molecule has 2 amide bonds. The standard InChI is InChI=1S/C9H18N2O5/c1-6(10-9(13)14)8(12)11(2)5-7(15-3)16-4/h6-7,10H,5H2,1-4H3,(H,13,14). The lowest BCUT2D eigenvalue weighted by molar-refractivity contribution is -0.144. The number of hydrogen-bond donors (Lipinski definition) is 2. The van der Waals surface area contributed by atoms with Crippen molar-refractivity contribution < 1.29 is 24.2 Å². The minimum absolute atomic E-state index is 0.234. The van der Waals surface area contributed by atoms with E-state index in [0.29, 0.717) is 0 Å². The van der Waals surface area contributed by atoms with Crippen LogP contribution in [0.25, 0.3) is 0 Å². The summed E-state index contributed by atoms with van der Waals surface area (Å²) in [5.74, 6) is -0.346. The molecular weight excluding hydrogens is 216 g/mol. The lowest BCUT2D eigenvalue weighted by Crippen LogP contribution is -2.47. The van der Waals surface area contributed by atoms with Gasteiger partial charge in [-0.15, -0.1) is 0 Å². The van der Waals surface area contributed by atoms with Crippen LogP contribution in [0.3, 0.4) is 0 Å². The van der Waals surface area contributed by atoms with Crippen LogP contribution in [-0.4, -0.2) is 62.2 Å². The normalized spacial score (nSPS) is 12.3. The van der Waals surface area contributed by atoms with Crippen molar-refractivity contribution in [3.8, 4) is 0 Å². The number of rotatable bonds is 6. The number of carbonyl (C=O) groups excluding carboxylic acids is 1. The maximum Gasteiger partial charge on any atom is 0.405 e. The van der Waals surface area contributed by atoms with Crippen molar-refractivity contribution in [1.29, 1.82) is 0 Å². The summed E-state index contributed by atoms with van der Waals surface area (Å²) in [6, 6.07) is -0.795. The predicted octanol–water partition coefficient (Wildman–Crippen LogP) is -0.280. The van der Waals surface area contributed by atoms with E-state index in [0.717, 1.165) is 0 Å². The highest BCUT2D eigenvalue weighted by molar-refractivity contribution is 5.84. The third kappa shape index (κ3) is 4.94. The van der Waals surface area contributed by atoms with Crippen LogP contribution in [0.4, 0.5) is 4.79 Å². The molecule has 0 saturated carbocycles. The summed E-state index contributed by atoms with van der Waals surface area (Å²) in [4.78, 5) is 23.3. The van der Waals surface area contributed by atoms with Crippen molar-refractivity contribution in [3.63, 3.8) is 0 Å². The number of hydrogen-bond acceptors (Lipinski definition) is 4. The Bertz CT molecular complexity index is 242. The summed E-state index contributed by atoms with van der Waals surface area (Å²) in [5, 5.41) is 10.5. The molecule has 0 bridgehead atoms. The molecule has 0 aromatic carbocycles. The Labute approximate surface area is 94.3 Å². The van der Waals surface area contributed by atoms with Gasteiger partial charge in [0, 0.05) is 21.3 Å². The van der Waals surface area contributed by atoms with Gasteiger partial charge >= 0.3 is 6.09 Å². The molecule has 16 heavy (non-hydrogen) atoms. The van der Waals surface area contributed by atoms with E-state index in [4.69, 9.17) is 14.6 Å². The lowest BCUT2D eigenvalue weighted by Gasteiger charge is -2.24. The Hall–Kier alpha value is -1.34. The topological polar surface area (TPSA) is 88.1 Å². The Morgan fingerprint density at radius 2 is 1.88 bits per heavy atom. The number of carboxylic acid groups (broad SMARTS) is 1. The Morgan fingerprint density at radius 1 is 1.38 bits per heavy atom. The van der Waals surface area contributed by atoms with Crippen molar-refractivity contribution in [2.45, 2.75) is 19.3 Å². The van der Waals surface area contributed by atoms with Gasteiger partial charge < -0.3 is 24.8 Å². The Morgan fingerprint density at radius 3 is 2.25 bits per heavy atom. The maximum absolute atomic E-state index is 11.6. The van der Waals surface area contributed by atoms with E-state index in [9.17, 15) is 9.59 Å². The van der Waals surface area contributed by atoms with Crippen LogP contribution >= 0.6 is 0 Å². The van der Waals surface area contributed by atoms with Gasteiger partial charge in [-0.25, -0.2) is 4.79 Å². The van der Waals surface area contributed by atoms with Gasteiger partial charge in [0.05, 0.1) is 6.54 Å². The molecule has 94 valence electrons. The van der Waals surface area contributed by atoms with Gasteiger partial charge in [-0.05, 0) is 6.92 Å². The van der Waals surface area contributed by atoms with Crippen LogP contribution in [-0.2, 0) is 14.3 Å². The van der Waals surface area contributed by atoms with Crippen LogP contribution in [0.15, 0.2) is 0 Å². The van der Waals surface area contributed by atoms with Crippen molar-refractivity contribution in [2.75, 3.05) is 27.8 Å². The van der Waals surface area contributed by atoms with E-state index in [1.54, 1.807) is 7.05 Å². The van der Waals surface area contributed by atoms with Gasteiger partial charge in [0.25, 0.3) is 0 Å². The minimum atomic E-state index is -1.23. The average molecular weight is 234 g/mol. The van der Waals surface area contributed by atoms with Crippen LogP contribution in [0, 0.1) is 0 Å². The number of likely N-dealkylation sites (N-methyl/N-ethyl adjacent to an activating group) is 1. The summed E-state index contributed by atoms with van der Waals surface area (Å²) >= 11 is 0. The van der Waals surface area contributed by atoms with Crippen LogP contribution in [0.5, 0.6) is 0 Å². The Kier molecular flexibility index (Phi) is 6.43. The first-order valence-electron chi connectivity index (χ1n) is 4.72. The molecule has 0 saturated heterocycles. The molecule has 0 rings (SSSR count). The minimum Gasteiger partial charge on any atom is -0.465 e. The fraction of sp³-hybridized carbons (Fsp3) is 0.778. The number of ether oxygens (including phenoxy) is 2. The number of methoxy groups -OCH3 is 2. The molecule has 0 heterocycles. The smallest absolute Gasteiger partial charge is 0.405 e. The van der Waals surface area contributed by atoms with E-state index in [1.807, 2.05) is 0 Å². The molecule has 0 aromatic rings. The molecule has 0 fully saturated rings. The number of nitrogens with one attached hydrogen (secondary N) is 1. The van der Waals surface area contributed by atoms with E-state index >= 15 is 0 Å². The molecule has 0 aromatic heterocycles. The third-order valence-electron chi connectivity index (χ3n) is 2.04.